The zero-order valence-corrected chi connectivity index (χ0v) is 7.70. The Hall–Kier alpha value is 0.975. The first-order valence-corrected chi connectivity index (χ1v) is 6.33. The van der Waals surface area contributed by atoms with E-state index >= 15 is 0 Å². The molecule has 1 saturated heterocycles. The Morgan fingerprint density at radius 2 is 1.67 bits per heavy atom. The van der Waals surface area contributed by atoms with Gasteiger partial charge in [-0.1, -0.05) is 0 Å². The minimum absolute atomic E-state index is 1.44. The van der Waals surface area contributed by atoms with Gasteiger partial charge in [0.25, 0.3) is 0 Å². The third-order valence-corrected chi connectivity index (χ3v) is 9.85. The van der Waals surface area contributed by atoms with Crippen LogP contribution in [0.4, 0.5) is 0 Å². The van der Waals surface area contributed by atoms with Crippen molar-refractivity contribution in [1.82, 2.24) is 0 Å². The molecule has 0 N–H and O–H groups in total. The predicted molar refractivity (Wildman–Crippen MR) is 9.30 cm³/mol. The number of hydrogen-bond donors (Lipinski definition) is 0. The van der Waals surface area contributed by atoms with Crippen LogP contribution in [0.1, 0.15) is 0 Å². The van der Waals surface area contributed by atoms with Crippen LogP contribution in [0.3, 0.4) is 0 Å². The van der Waals surface area contributed by atoms with Crippen molar-refractivity contribution in [2.24, 2.45) is 0 Å². The first-order valence-electron chi connectivity index (χ1n) is 1.07. The monoisotopic (exact) mass is 324 g/mol. The van der Waals surface area contributed by atoms with Gasteiger partial charge in [0.05, 0.1) is 0 Å². The Morgan fingerprint density at radius 3 is 1.67 bits per heavy atom. The van der Waals surface area contributed by atoms with Crippen LogP contribution in [-0.4, -0.2) is 25.1 Å². The molecule has 0 aromatic carbocycles. The SMILES string of the molecule is [O]=[Cr]1(=[O])[O][Pb][O]1. The molecule has 0 aromatic rings. The van der Waals surface area contributed by atoms with Gasteiger partial charge in [-0.05, 0) is 0 Å². The topological polar surface area (TPSA) is 52.6 Å². The fourth-order valence-corrected chi connectivity index (χ4v) is 3.24. The molecule has 6 heavy (non-hydrogen) atoms. The molecular formula is CrO4Pb. The average molecular weight is 323 g/mol. The van der Waals surface area contributed by atoms with Gasteiger partial charge in [0.1, 0.15) is 0 Å². The van der Waals surface area contributed by atoms with Gasteiger partial charge in [-0.15, -0.1) is 0 Å². The van der Waals surface area contributed by atoms with Gasteiger partial charge in [0.2, 0.25) is 0 Å². The molecule has 0 unspecified atom stereocenters. The maximum atomic E-state index is 9.76. The molecule has 2 radical (unpaired) electrons. The molecule has 0 aliphatic carbocycles. The molecule has 0 spiro atoms. The molecular weight excluding hydrogens is 323 g/mol. The van der Waals surface area contributed by atoms with E-state index in [1.807, 2.05) is 0 Å². The summed E-state index contributed by atoms with van der Waals surface area (Å²) in [5.74, 6) is 0. The third-order valence-electron chi connectivity index (χ3n) is 0.272. The predicted octanol–water partition coefficient (Wildman–Crippen LogP) is -0.758. The summed E-state index contributed by atoms with van der Waals surface area (Å²) in [4.78, 5) is 0. The van der Waals surface area contributed by atoms with Crippen molar-refractivity contribution < 1.29 is 24.7 Å². The van der Waals surface area contributed by atoms with E-state index in [1.54, 1.807) is 0 Å². The van der Waals surface area contributed by atoms with E-state index in [1.165, 1.54) is 0 Å². The van der Waals surface area contributed by atoms with Crippen molar-refractivity contribution in [1.29, 1.82) is 0 Å². The van der Waals surface area contributed by atoms with E-state index in [2.05, 4.69) is 3.48 Å². The van der Waals surface area contributed by atoms with Crippen LogP contribution in [0.5, 0.6) is 0 Å². The summed E-state index contributed by atoms with van der Waals surface area (Å²) in [5.41, 5.74) is 0. The maximum absolute atomic E-state index is 9.76. The van der Waals surface area contributed by atoms with Crippen LogP contribution in [0.15, 0.2) is 0 Å². The summed E-state index contributed by atoms with van der Waals surface area (Å²) >= 11 is -5.45. The van der Waals surface area contributed by atoms with E-state index in [4.69, 9.17) is 0 Å². The van der Waals surface area contributed by atoms with Gasteiger partial charge in [-0.25, -0.2) is 0 Å². The standard InChI is InChI=1S/Cr.4O.Pb. The number of hydrogen-bond acceptors (Lipinski definition) is 4. The minimum atomic E-state index is -4.01. The summed E-state index contributed by atoms with van der Waals surface area (Å²) in [7, 11) is 0. The average Bonchev–Trinajstić information content (AvgIpc) is 1.32. The van der Waals surface area contributed by atoms with Gasteiger partial charge in [-0.2, -0.15) is 0 Å². The van der Waals surface area contributed by atoms with Crippen molar-refractivity contribution in [2.45, 2.75) is 0 Å². The quantitative estimate of drug-likeness (QED) is 0.550. The van der Waals surface area contributed by atoms with Crippen LogP contribution in [0.25, 0.3) is 0 Å². The Labute approximate surface area is 49.7 Å². The second kappa shape index (κ2) is 1.49. The second-order valence-electron chi connectivity index (χ2n) is 0.658. The van der Waals surface area contributed by atoms with Crippen LogP contribution >= 0.6 is 0 Å². The third kappa shape index (κ3) is 0.976. The Bertz CT molecular complexity index is 122. The molecule has 34 valence electrons. The Kier molecular flexibility index (Phi) is 1.27. The first kappa shape index (κ1) is 5.12. The Balaban J connectivity index is 2.78. The van der Waals surface area contributed by atoms with Crippen molar-refractivity contribution in [3.8, 4) is 0 Å². The molecule has 0 aromatic heterocycles. The molecule has 0 amide bonds. The van der Waals surface area contributed by atoms with Crippen LogP contribution in [-0.2, 0) is 24.7 Å². The normalized spacial score (nSPS) is 28.7. The van der Waals surface area contributed by atoms with Crippen LogP contribution in [0, 0.1) is 0 Å². The molecule has 0 bridgehead atoms. The van der Waals surface area contributed by atoms with Crippen LogP contribution < -0.4 is 0 Å². The van der Waals surface area contributed by atoms with Crippen LogP contribution in [0.2, 0.25) is 0 Å². The fourth-order valence-electron chi connectivity index (χ4n) is 0.0896. The van der Waals surface area contributed by atoms with Gasteiger partial charge in [0, 0.05) is 0 Å². The molecule has 4 nitrogen and oxygen atoms in total. The number of rotatable bonds is 0. The fraction of sp³-hybridized carbons (Fsp3) is 0. The molecule has 0 atom stereocenters. The second-order valence-corrected chi connectivity index (χ2v) is 8.44. The van der Waals surface area contributed by atoms with E-state index in [-0.39, 0.29) is 0 Å². The Morgan fingerprint density at radius 1 is 1.33 bits per heavy atom. The van der Waals surface area contributed by atoms with Gasteiger partial charge in [-0.3, -0.25) is 0 Å². The molecule has 1 aliphatic rings. The van der Waals surface area contributed by atoms with Gasteiger partial charge in [0.15, 0.2) is 0 Å². The van der Waals surface area contributed by atoms with Crippen molar-refractivity contribution >= 4 is 25.1 Å². The summed E-state index contributed by atoms with van der Waals surface area (Å²) in [6, 6.07) is 0. The molecule has 6 heteroatoms. The summed E-state index contributed by atoms with van der Waals surface area (Å²) in [6.45, 7) is 0. The summed E-state index contributed by atoms with van der Waals surface area (Å²) in [6.07, 6.45) is 0. The van der Waals surface area contributed by atoms with E-state index < -0.39 is 38.8 Å². The summed E-state index contributed by atoms with van der Waals surface area (Å²) < 4.78 is 27.8. The first-order chi connectivity index (χ1) is 2.71. The molecule has 1 rings (SSSR count). The zero-order valence-electron chi connectivity index (χ0n) is 2.54. The van der Waals surface area contributed by atoms with Crippen molar-refractivity contribution in [2.75, 3.05) is 0 Å². The van der Waals surface area contributed by atoms with Gasteiger partial charge < -0.3 is 0 Å². The molecule has 1 fully saturated rings. The molecule has 1 heterocycles. The van der Waals surface area contributed by atoms with E-state index in [0.29, 0.717) is 0 Å². The zero-order chi connectivity index (χ0) is 4.62. The molecule has 0 saturated carbocycles. The van der Waals surface area contributed by atoms with E-state index in [9.17, 15) is 7.61 Å². The van der Waals surface area contributed by atoms with E-state index in [0.717, 1.165) is 0 Å². The van der Waals surface area contributed by atoms with Crippen molar-refractivity contribution in [3.63, 3.8) is 0 Å². The van der Waals surface area contributed by atoms with Crippen molar-refractivity contribution in [3.05, 3.63) is 0 Å². The summed E-state index contributed by atoms with van der Waals surface area (Å²) in [5, 5.41) is 0. The molecule has 1 aliphatic heterocycles. The van der Waals surface area contributed by atoms with Gasteiger partial charge >= 0.3 is 49.8 Å².